The van der Waals surface area contributed by atoms with Gasteiger partial charge in [0.05, 0.1) is 6.04 Å². The van der Waals surface area contributed by atoms with Crippen molar-refractivity contribution in [1.29, 1.82) is 0 Å². The van der Waals surface area contributed by atoms with E-state index in [2.05, 4.69) is 25.2 Å². The summed E-state index contributed by atoms with van der Waals surface area (Å²) in [6.07, 6.45) is 6.77. The van der Waals surface area contributed by atoms with Gasteiger partial charge in [-0.2, -0.15) is 0 Å². The lowest BCUT2D eigenvalue weighted by Gasteiger charge is -2.31. The summed E-state index contributed by atoms with van der Waals surface area (Å²) in [5, 5.41) is 3.72. The second-order valence-electron chi connectivity index (χ2n) is 5.47. The summed E-state index contributed by atoms with van der Waals surface area (Å²) in [5.74, 6) is 3.00. The summed E-state index contributed by atoms with van der Waals surface area (Å²) in [7, 11) is 0. The van der Waals surface area contributed by atoms with E-state index in [-0.39, 0.29) is 0 Å². The molecule has 0 aliphatic heterocycles. The van der Waals surface area contributed by atoms with Crippen LogP contribution in [0.25, 0.3) is 0 Å². The van der Waals surface area contributed by atoms with Crippen LogP contribution in [0.1, 0.15) is 63.5 Å². The van der Waals surface area contributed by atoms with Crippen LogP contribution in [0.4, 0.5) is 0 Å². The average molecular weight is 235 g/mol. The van der Waals surface area contributed by atoms with Crippen molar-refractivity contribution in [2.75, 3.05) is 0 Å². The van der Waals surface area contributed by atoms with Crippen LogP contribution in [0.3, 0.4) is 0 Å². The van der Waals surface area contributed by atoms with Gasteiger partial charge >= 0.3 is 0 Å². The molecule has 2 nitrogen and oxygen atoms in total. The molecule has 2 heteroatoms. The zero-order chi connectivity index (χ0) is 12.3. The SMILES string of the molecule is CCC1CCCC(NC(C)c2ccc(C)o2)C1. The third-order valence-corrected chi connectivity index (χ3v) is 4.03. The minimum atomic E-state index is 0.337. The fraction of sp³-hybridized carbons (Fsp3) is 0.733. The molecular formula is C15H25NO. The van der Waals surface area contributed by atoms with Crippen molar-refractivity contribution in [3.63, 3.8) is 0 Å². The van der Waals surface area contributed by atoms with E-state index in [0.717, 1.165) is 17.4 Å². The first-order valence-corrected chi connectivity index (χ1v) is 7.01. The highest BCUT2D eigenvalue weighted by Gasteiger charge is 2.22. The lowest BCUT2D eigenvalue weighted by atomic mass is 9.84. The van der Waals surface area contributed by atoms with Crippen molar-refractivity contribution in [2.24, 2.45) is 5.92 Å². The van der Waals surface area contributed by atoms with Gasteiger partial charge in [-0.1, -0.05) is 26.2 Å². The predicted molar refractivity (Wildman–Crippen MR) is 71.0 cm³/mol. The first-order chi connectivity index (χ1) is 8.19. The van der Waals surface area contributed by atoms with E-state index < -0.39 is 0 Å². The fourth-order valence-corrected chi connectivity index (χ4v) is 2.93. The van der Waals surface area contributed by atoms with E-state index in [9.17, 15) is 0 Å². The van der Waals surface area contributed by atoms with E-state index in [0.29, 0.717) is 12.1 Å². The molecule has 0 aromatic carbocycles. The van der Waals surface area contributed by atoms with Crippen LogP contribution in [-0.4, -0.2) is 6.04 Å². The van der Waals surface area contributed by atoms with Crippen molar-refractivity contribution < 1.29 is 4.42 Å². The van der Waals surface area contributed by atoms with Crippen LogP contribution < -0.4 is 5.32 Å². The molecule has 0 amide bonds. The molecular weight excluding hydrogens is 210 g/mol. The van der Waals surface area contributed by atoms with Crippen LogP contribution in [-0.2, 0) is 0 Å². The third-order valence-electron chi connectivity index (χ3n) is 4.03. The van der Waals surface area contributed by atoms with E-state index in [1.165, 1.54) is 32.1 Å². The van der Waals surface area contributed by atoms with E-state index in [1.54, 1.807) is 0 Å². The van der Waals surface area contributed by atoms with Crippen molar-refractivity contribution >= 4 is 0 Å². The summed E-state index contributed by atoms with van der Waals surface area (Å²) in [6, 6.07) is 5.15. The molecule has 1 aromatic rings. The van der Waals surface area contributed by atoms with Crippen LogP contribution in [0.2, 0.25) is 0 Å². The van der Waals surface area contributed by atoms with Crippen LogP contribution in [0.15, 0.2) is 16.5 Å². The molecule has 1 saturated carbocycles. The second-order valence-corrected chi connectivity index (χ2v) is 5.47. The molecule has 3 atom stereocenters. The smallest absolute Gasteiger partial charge is 0.120 e. The molecule has 2 rings (SSSR count). The maximum absolute atomic E-state index is 5.68. The highest BCUT2D eigenvalue weighted by Crippen LogP contribution is 2.28. The summed E-state index contributed by atoms with van der Waals surface area (Å²) in [5.41, 5.74) is 0. The first-order valence-electron chi connectivity index (χ1n) is 7.01. The third kappa shape index (κ3) is 3.35. The maximum Gasteiger partial charge on any atom is 0.120 e. The fourth-order valence-electron chi connectivity index (χ4n) is 2.93. The lowest BCUT2D eigenvalue weighted by molar-refractivity contribution is 0.256. The Kier molecular flexibility index (Phi) is 4.27. The number of hydrogen-bond donors (Lipinski definition) is 1. The van der Waals surface area contributed by atoms with Gasteiger partial charge in [0, 0.05) is 6.04 Å². The highest BCUT2D eigenvalue weighted by atomic mass is 16.3. The molecule has 1 aliphatic rings. The van der Waals surface area contributed by atoms with Gasteiger partial charge in [0.1, 0.15) is 11.5 Å². The molecule has 1 aliphatic carbocycles. The summed E-state index contributed by atoms with van der Waals surface area (Å²) in [6.45, 7) is 6.52. The molecule has 3 unspecified atom stereocenters. The molecule has 0 spiro atoms. The average Bonchev–Trinajstić information content (AvgIpc) is 2.76. The molecule has 1 heterocycles. The Morgan fingerprint density at radius 1 is 1.41 bits per heavy atom. The van der Waals surface area contributed by atoms with Gasteiger partial charge in [0.2, 0.25) is 0 Å². The monoisotopic (exact) mass is 235 g/mol. The number of nitrogens with one attached hydrogen (secondary N) is 1. The number of furan rings is 1. The highest BCUT2D eigenvalue weighted by molar-refractivity contribution is 5.09. The van der Waals surface area contributed by atoms with Gasteiger partial charge in [0.15, 0.2) is 0 Å². The topological polar surface area (TPSA) is 25.2 Å². The Morgan fingerprint density at radius 2 is 2.24 bits per heavy atom. The van der Waals surface area contributed by atoms with Gasteiger partial charge in [-0.05, 0) is 44.7 Å². The zero-order valence-electron chi connectivity index (χ0n) is 11.3. The minimum Gasteiger partial charge on any atom is -0.465 e. The second kappa shape index (κ2) is 5.72. The van der Waals surface area contributed by atoms with Crippen LogP contribution in [0.5, 0.6) is 0 Å². The molecule has 0 radical (unpaired) electrons. The van der Waals surface area contributed by atoms with Gasteiger partial charge < -0.3 is 9.73 Å². The molecule has 0 saturated heterocycles. The lowest BCUT2D eigenvalue weighted by Crippen LogP contribution is -2.35. The largest absolute Gasteiger partial charge is 0.465 e. The van der Waals surface area contributed by atoms with Gasteiger partial charge in [-0.3, -0.25) is 0 Å². The van der Waals surface area contributed by atoms with Crippen LogP contribution in [0, 0.1) is 12.8 Å². The summed E-state index contributed by atoms with van der Waals surface area (Å²) in [4.78, 5) is 0. The van der Waals surface area contributed by atoms with Crippen molar-refractivity contribution in [2.45, 2.75) is 65.0 Å². The molecule has 96 valence electrons. The predicted octanol–water partition coefficient (Wildman–Crippen LogP) is 4.21. The minimum absolute atomic E-state index is 0.337. The number of rotatable bonds is 4. The Bertz CT molecular complexity index is 344. The van der Waals surface area contributed by atoms with Crippen molar-refractivity contribution in [3.05, 3.63) is 23.7 Å². The molecule has 1 aromatic heterocycles. The van der Waals surface area contributed by atoms with E-state index in [4.69, 9.17) is 4.42 Å². The van der Waals surface area contributed by atoms with Crippen LogP contribution >= 0.6 is 0 Å². The Balaban J connectivity index is 1.87. The zero-order valence-corrected chi connectivity index (χ0v) is 11.3. The standard InChI is InChI=1S/C15H25NO/c1-4-13-6-5-7-14(10-13)16-12(3)15-9-8-11(2)17-15/h8-9,12-14,16H,4-7,10H2,1-3H3. The molecule has 1 N–H and O–H groups in total. The van der Waals surface area contributed by atoms with Gasteiger partial charge in [0.25, 0.3) is 0 Å². The van der Waals surface area contributed by atoms with Crippen molar-refractivity contribution in [3.8, 4) is 0 Å². The van der Waals surface area contributed by atoms with Gasteiger partial charge in [-0.25, -0.2) is 0 Å². The molecule has 0 bridgehead atoms. The quantitative estimate of drug-likeness (QED) is 0.845. The Hall–Kier alpha value is -0.760. The van der Waals surface area contributed by atoms with Crippen molar-refractivity contribution in [1.82, 2.24) is 5.32 Å². The van der Waals surface area contributed by atoms with E-state index >= 15 is 0 Å². The first kappa shape index (κ1) is 12.7. The number of hydrogen-bond acceptors (Lipinski definition) is 2. The Labute approximate surface area is 105 Å². The Morgan fingerprint density at radius 3 is 2.88 bits per heavy atom. The normalized spacial score (nSPS) is 27.0. The maximum atomic E-state index is 5.68. The molecule has 1 fully saturated rings. The van der Waals surface area contributed by atoms with E-state index in [1.807, 2.05) is 13.0 Å². The molecule has 17 heavy (non-hydrogen) atoms. The number of aryl methyl sites for hydroxylation is 1. The van der Waals surface area contributed by atoms with Gasteiger partial charge in [-0.15, -0.1) is 0 Å². The summed E-state index contributed by atoms with van der Waals surface area (Å²) >= 11 is 0. The summed E-state index contributed by atoms with van der Waals surface area (Å²) < 4.78 is 5.68.